The fraction of sp³-hybridized carbons (Fsp3) is 0.308. The molecule has 0 fully saturated rings. The molecule has 5 heteroatoms. The summed E-state index contributed by atoms with van der Waals surface area (Å²) in [5.41, 5.74) is 1.68. The molecule has 1 aliphatic carbocycles. The van der Waals surface area contributed by atoms with Gasteiger partial charge in [0.25, 0.3) is 0 Å². The molecule has 31 heavy (non-hydrogen) atoms. The van der Waals surface area contributed by atoms with Crippen LogP contribution in [0, 0.1) is 29.1 Å². The lowest BCUT2D eigenvalue weighted by Crippen LogP contribution is -2.17. The SMILES string of the molecule is CCCCc1ccc(C2CCc3c(ccc(-c4cccc(F)c4F)c3F)C2)c(F)c1F. The van der Waals surface area contributed by atoms with Gasteiger partial charge in [-0.2, -0.15) is 0 Å². The first-order valence-corrected chi connectivity index (χ1v) is 10.6. The lowest BCUT2D eigenvalue weighted by atomic mass is 9.78. The van der Waals surface area contributed by atoms with Crippen LogP contribution in [0.3, 0.4) is 0 Å². The third-order valence-electron chi connectivity index (χ3n) is 6.22. The average molecular weight is 430 g/mol. The zero-order valence-electron chi connectivity index (χ0n) is 17.3. The summed E-state index contributed by atoms with van der Waals surface area (Å²) in [4.78, 5) is 0. The largest absolute Gasteiger partial charge is 0.206 e. The van der Waals surface area contributed by atoms with E-state index in [0.717, 1.165) is 18.9 Å². The molecular formula is C26H23F5. The Balaban J connectivity index is 1.64. The van der Waals surface area contributed by atoms with Crippen LogP contribution in [-0.4, -0.2) is 0 Å². The number of rotatable bonds is 5. The van der Waals surface area contributed by atoms with E-state index in [2.05, 4.69) is 0 Å². The molecule has 0 aliphatic heterocycles. The summed E-state index contributed by atoms with van der Waals surface area (Å²) in [5, 5.41) is 0. The Morgan fingerprint density at radius 1 is 0.806 bits per heavy atom. The molecule has 0 aromatic heterocycles. The number of hydrogen-bond donors (Lipinski definition) is 0. The van der Waals surface area contributed by atoms with E-state index in [1.54, 1.807) is 18.2 Å². The van der Waals surface area contributed by atoms with E-state index in [9.17, 15) is 17.6 Å². The first-order chi connectivity index (χ1) is 14.9. The van der Waals surface area contributed by atoms with Crippen LogP contribution in [-0.2, 0) is 19.3 Å². The molecule has 0 radical (unpaired) electrons. The van der Waals surface area contributed by atoms with Crippen LogP contribution in [0.2, 0.25) is 0 Å². The highest BCUT2D eigenvalue weighted by Gasteiger charge is 2.28. The molecule has 1 aliphatic rings. The highest BCUT2D eigenvalue weighted by atomic mass is 19.2. The van der Waals surface area contributed by atoms with E-state index in [4.69, 9.17) is 0 Å². The normalized spacial score (nSPS) is 15.7. The summed E-state index contributed by atoms with van der Waals surface area (Å²) >= 11 is 0. The summed E-state index contributed by atoms with van der Waals surface area (Å²) in [6, 6.07) is 10.1. The Bertz CT molecular complexity index is 1120. The Morgan fingerprint density at radius 3 is 2.35 bits per heavy atom. The van der Waals surface area contributed by atoms with E-state index in [1.807, 2.05) is 6.92 Å². The molecular weight excluding hydrogens is 407 g/mol. The fourth-order valence-corrected chi connectivity index (χ4v) is 4.47. The summed E-state index contributed by atoms with van der Waals surface area (Å²) < 4.78 is 72.2. The summed E-state index contributed by atoms with van der Waals surface area (Å²) in [5.74, 6) is -4.58. The first-order valence-electron chi connectivity index (χ1n) is 10.6. The molecule has 0 amide bonds. The number of benzene rings is 3. The fourth-order valence-electron chi connectivity index (χ4n) is 4.47. The van der Waals surface area contributed by atoms with Gasteiger partial charge in [-0.3, -0.25) is 0 Å². The van der Waals surface area contributed by atoms with E-state index < -0.39 is 29.1 Å². The maximum absolute atomic E-state index is 15.2. The lowest BCUT2D eigenvalue weighted by molar-refractivity contribution is 0.463. The second kappa shape index (κ2) is 8.81. The second-order valence-electron chi connectivity index (χ2n) is 8.15. The topological polar surface area (TPSA) is 0 Å². The number of aryl methyl sites for hydroxylation is 1. The molecule has 0 nitrogen and oxygen atoms in total. The zero-order valence-corrected chi connectivity index (χ0v) is 17.3. The van der Waals surface area contributed by atoms with Crippen molar-refractivity contribution in [2.75, 3.05) is 0 Å². The Hall–Kier alpha value is -2.69. The van der Waals surface area contributed by atoms with Gasteiger partial charge in [0.2, 0.25) is 0 Å². The number of hydrogen-bond acceptors (Lipinski definition) is 0. The molecule has 4 rings (SSSR count). The highest BCUT2D eigenvalue weighted by Crippen LogP contribution is 2.39. The van der Waals surface area contributed by atoms with Crippen LogP contribution >= 0.6 is 0 Å². The minimum absolute atomic E-state index is 0.00621. The van der Waals surface area contributed by atoms with Crippen LogP contribution < -0.4 is 0 Å². The molecule has 1 unspecified atom stereocenters. The van der Waals surface area contributed by atoms with E-state index in [0.29, 0.717) is 47.9 Å². The predicted octanol–water partition coefficient (Wildman–Crippen LogP) is 7.66. The Kier molecular flexibility index (Phi) is 6.12. The molecule has 0 heterocycles. The van der Waals surface area contributed by atoms with Crippen LogP contribution in [0.15, 0.2) is 42.5 Å². The zero-order chi connectivity index (χ0) is 22.1. The molecule has 0 spiro atoms. The molecule has 1 atom stereocenters. The summed E-state index contributed by atoms with van der Waals surface area (Å²) in [6.07, 6.45) is 3.31. The molecule has 0 N–H and O–H groups in total. The van der Waals surface area contributed by atoms with Gasteiger partial charge in [0.15, 0.2) is 23.3 Å². The van der Waals surface area contributed by atoms with Crippen LogP contribution in [0.25, 0.3) is 11.1 Å². The average Bonchev–Trinajstić information content (AvgIpc) is 2.77. The smallest absolute Gasteiger partial charge is 0.166 e. The second-order valence-corrected chi connectivity index (χ2v) is 8.15. The minimum Gasteiger partial charge on any atom is -0.206 e. The van der Waals surface area contributed by atoms with Crippen molar-refractivity contribution < 1.29 is 22.0 Å². The van der Waals surface area contributed by atoms with Gasteiger partial charge in [-0.05, 0) is 66.3 Å². The van der Waals surface area contributed by atoms with Gasteiger partial charge in [-0.25, -0.2) is 22.0 Å². The van der Waals surface area contributed by atoms with Gasteiger partial charge in [-0.1, -0.05) is 49.7 Å². The monoisotopic (exact) mass is 430 g/mol. The number of unbranched alkanes of at least 4 members (excludes halogenated alkanes) is 1. The Labute approximate surface area is 178 Å². The predicted molar refractivity (Wildman–Crippen MR) is 111 cm³/mol. The van der Waals surface area contributed by atoms with Crippen molar-refractivity contribution in [1.82, 2.24) is 0 Å². The maximum Gasteiger partial charge on any atom is 0.166 e. The molecule has 0 bridgehead atoms. The van der Waals surface area contributed by atoms with Crippen LogP contribution in [0.4, 0.5) is 22.0 Å². The maximum atomic E-state index is 15.2. The van der Waals surface area contributed by atoms with Gasteiger partial charge >= 0.3 is 0 Å². The first kappa shape index (κ1) is 21.5. The minimum atomic E-state index is -1.09. The van der Waals surface area contributed by atoms with Gasteiger partial charge in [0.1, 0.15) is 5.82 Å². The quantitative estimate of drug-likeness (QED) is 0.365. The molecule has 162 valence electrons. The Morgan fingerprint density at radius 2 is 1.58 bits per heavy atom. The van der Waals surface area contributed by atoms with Gasteiger partial charge in [0.05, 0.1) is 0 Å². The standard InChI is InChI=1S/C26H23F5/c1-2-3-5-15-8-11-19(26(31)23(15)28)17-9-12-18-16(14-17)10-13-21(24(18)29)20-6-4-7-22(27)25(20)30/h4,6-8,10-11,13,17H,2-3,5,9,12,14H2,1H3. The highest BCUT2D eigenvalue weighted by molar-refractivity contribution is 5.67. The van der Waals surface area contributed by atoms with Crippen LogP contribution in [0.5, 0.6) is 0 Å². The van der Waals surface area contributed by atoms with Crippen LogP contribution in [0.1, 0.15) is 54.4 Å². The van der Waals surface area contributed by atoms with Crippen molar-refractivity contribution in [2.45, 2.75) is 51.4 Å². The van der Waals surface area contributed by atoms with Crippen molar-refractivity contribution in [3.8, 4) is 11.1 Å². The summed E-state index contributed by atoms with van der Waals surface area (Å²) in [6.45, 7) is 2.00. The van der Waals surface area contributed by atoms with Gasteiger partial charge < -0.3 is 0 Å². The number of halogens is 5. The number of fused-ring (bicyclic) bond motifs is 1. The third kappa shape index (κ3) is 3.98. The van der Waals surface area contributed by atoms with Crippen molar-refractivity contribution in [1.29, 1.82) is 0 Å². The molecule has 0 saturated carbocycles. The van der Waals surface area contributed by atoms with E-state index >= 15 is 4.39 Å². The van der Waals surface area contributed by atoms with Gasteiger partial charge in [0, 0.05) is 11.1 Å². The van der Waals surface area contributed by atoms with Crippen molar-refractivity contribution in [2.24, 2.45) is 0 Å². The van der Waals surface area contributed by atoms with Crippen molar-refractivity contribution in [3.05, 3.63) is 93.8 Å². The van der Waals surface area contributed by atoms with E-state index in [-0.39, 0.29) is 17.0 Å². The van der Waals surface area contributed by atoms with E-state index in [1.165, 1.54) is 18.2 Å². The van der Waals surface area contributed by atoms with Gasteiger partial charge in [-0.15, -0.1) is 0 Å². The molecule has 0 saturated heterocycles. The molecule has 3 aromatic rings. The third-order valence-corrected chi connectivity index (χ3v) is 6.22. The molecule has 3 aromatic carbocycles. The summed E-state index contributed by atoms with van der Waals surface area (Å²) in [7, 11) is 0. The van der Waals surface area contributed by atoms with Crippen molar-refractivity contribution in [3.63, 3.8) is 0 Å². The van der Waals surface area contributed by atoms with Crippen molar-refractivity contribution >= 4 is 0 Å². The lowest BCUT2D eigenvalue weighted by Gasteiger charge is -2.27.